The van der Waals surface area contributed by atoms with Crippen LogP contribution in [-0.4, -0.2) is 31.7 Å². The van der Waals surface area contributed by atoms with Crippen molar-refractivity contribution in [3.63, 3.8) is 0 Å². The maximum absolute atomic E-state index is 5.38. The molecule has 0 bridgehead atoms. The van der Waals surface area contributed by atoms with Crippen LogP contribution in [0.15, 0.2) is 18.5 Å². The highest BCUT2D eigenvalue weighted by molar-refractivity contribution is 5.33. The van der Waals surface area contributed by atoms with Crippen molar-refractivity contribution in [2.75, 3.05) is 12.5 Å². The number of hydrogen-bond donors (Lipinski definition) is 2. The van der Waals surface area contributed by atoms with Crippen molar-refractivity contribution >= 4 is 5.82 Å². The Balaban J connectivity index is 2.02. The number of rotatable bonds is 5. The minimum Gasteiger partial charge on any atom is -0.308 e. The molecule has 102 valence electrons. The van der Waals surface area contributed by atoms with E-state index >= 15 is 0 Å². The first-order valence-electron chi connectivity index (χ1n) is 6.04. The second kappa shape index (κ2) is 5.77. The van der Waals surface area contributed by atoms with Gasteiger partial charge in [-0.15, -0.1) is 0 Å². The maximum Gasteiger partial charge on any atom is 0.145 e. The molecule has 0 amide bonds. The van der Waals surface area contributed by atoms with Crippen LogP contribution in [0.2, 0.25) is 0 Å². The highest BCUT2D eigenvalue weighted by atomic mass is 15.3. The molecular weight excluding hydrogens is 242 g/mol. The summed E-state index contributed by atoms with van der Waals surface area (Å²) in [4.78, 5) is 10.9. The molecule has 0 radical (unpaired) electrons. The summed E-state index contributed by atoms with van der Waals surface area (Å²) in [7, 11) is 3.93. The van der Waals surface area contributed by atoms with Crippen LogP contribution in [0.4, 0.5) is 5.82 Å². The first kappa shape index (κ1) is 13.4. The lowest BCUT2D eigenvalue weighted by Gasteiger charge is -2.15. The third-order valence-electron chi connectivity index (χ3n) is 2.67. The second-order valence-electron chi connectivity index (χ2n) is 4.65. The zero-order valence-corrected chi connectivity index (χ0v) is 11.5. The average Bonchev–Trinajstić information content (AvgIpc) is 2.73. The number of nitrogen functional groups attached to an aromatic ring is 1. The molecule has 0 aliphatic rings. The van der Waals surface area contributed by atoms with E-state index in [1.165, 1.54) is 0 Å². The Morgan fingerprint density at radius 2 is 2.16 bits per heavy atom. The van der Waals surface area contributed by atoms with Crippen LogP contribution in [0, 0.1) is 6.92 Å². The van der Waals surface area contributed by atoms with E-state index in [4.69, 9.17) is 5.84 Å². The van der Waals surface area contributed by atoms with Gasteiger partial charge in [-0.1, -0.05) is 0 Å². The molecule has 7 heteroatoms. The number of nitrogens with one attached hydrogen (secondary N) is 1. The Hall–Kier alpha value is -1.99. The normalized spacial score (nSPS) is 11.0. The molecule has 2 rings (SSSR count). The van der Waals surface area contributed by atoms with Gasteiger partial charge in [0.2, 0.25) is 0 Å². The summed E-state index contributed by atoms with van der Waals surface area (Å²) < 4.78 is 1.79. The predicted molar refractivity (Wildman–Crippen MR) is 73.0 cm³/mol. The van der Waals surface area contributed by atoms with Gasteiger partial charge in [-0.05, 0) is 14.0 Å². The number of nitrogens with zero attached hydrogens (tertiary/aromatic N) is 5. The van der Waals surface area contributed by atoms with Crippen molar-refractivity contribution in [1.29, 1.82) is 0 Å². The Morgan fingerprint density at radius 3 is 2.79 bits per heavy atom. The van der Waals surface area contributed by atoms with Crippen LogP contribution < -0.4 is 11.3 Å². The Kier molecular flexibility index (Phi) is 4.08. The third kappa shape index (κ3) is 3.73. The van der Waals surface area contributed by atoms with Crippen molar-refractivity contribution in [1.82, 2.24) is 24.6 Å². The van der Waals surface area contributed by atoms with Crippen molar-refractivity contribution < 1.29 is 0 Å². The summed E-state index contributed by atoms with van der Waals surface area (Å²) in [6, 6.07) is 1.81. The largest absolute Gasteiger partial charge is 0.308 e. The summed E-state index contributed by atoms with van der Waals surface area (Å²) in [6.45, 7) is 3.38. The van der Waals surface area contributed by atoms with Gasteiger partial charge >= 0.3 is 0 Å². The Bertz CT molecular complexity index is 549. The Labute approximate surface area is 112 Å². The van der Waals surface area contributed by atoms with Crippen molar-refractivity contribution in [2.45, 2.75) is 20.0 Å². The molecular formula is C12H19N7. The summed E-state index contributed by atoms with van der Waals surface area (Å²) >= 11 is 0. The van der Waals surface area contributed by atoms with E-state index in [9.17, 15) is 0 Å². The molecule has 0 spiro atoms. The molecule has 0 unspecified atom stereocenters. The first-order valence-corrected chi connectivity index (χ1v) is 6.04. The molecule has 3 N–H and O–H groups in total. The van der Waals surface area contributed by atoms with Crippen LogP contribution in [0.3, 0.4) is 0 Å². The molecule has 2 aromatic rings. The number of hydrazine groups is 1. The Morgan fingerprint density at radius 1 is 1.37 bits per heavy atom. The van der Waals surface area contributed by atoms with Gasteiger partial charge in [0.1, 0.15) is 11.6 Å². The minimum absolute atomic E-state index is 0.636. The fourth-order valence-electron chi connectivity index (χ4n) is 1.94. The highest BCUT2D eigenvalue weighted by Crippen LogP contribution is 2.08. The molecule has 0 saturated carbocycles. The smallest absolute Gasteiger partial charge is 0.145 e. The molecule has 19 heavy (non-hydrogen) atoms. The summed E-state index contributed by atoms with van der Waals surface area (Å²) in [6.07, 6.45) is 3.86. The highest BCUT2D eigenvalue weighted by Gasteiger charge is 2.07. The lowest BCUT2D eigenvalue weighted by Crippen LogP contribution is -2.20. The standard InChI is InChI=1S/C12H19N7/c1-9-4-11(17-13)16-12(15-9)8-18(2)6-10-5-14-19(3)7-10/h4-5,7H,6,8,13H2,1-3H3,(H,15,16,17). The molecule has 0 aromatic carbocycles. The lowest BCUT2D eigenvalue weighted by molar-refractivity contribution is 0.310. The van der Waals surface area contributed by atoms with E-state index in [-0.39, 0.29) is 0 Å². The number of nitrogens with two attached hydrogens (primary N) is 1. The van der Waals surface area contributed by atoms with Crippen molar-refractivity contribution in [3.05, 3.63) is 35.5 Å². The number of anilines is 1. The molecule has 7 nitrogen and oxygen atoms in total. The van der Waals surface area contributed by atoms with Gasteiger partial charge in [0, 0.05) is 37.1 Å². The van der Waals surface area contributed by atoms with Gasteiger partial charge in [-0.2, -0.15) is 5.10 Å². The minimum atomic E-state index is 0.636. The zero-order chi connectivity index (χ0) is 13.8. The number of aromatic nitrogens is 4. The van der Waals surface area contributed by atoms with E-state index in [0.29, 0.717) is 12.4 Å². The van der Waals surface area contributed by atoms with E-state index in [2.05, 4.69) is 25.4 Å². The van der Waals surface area contributed by atoms with Gasteiger partial charge in [-0.25, -0.2) is 15.8 Å². The molecule has 0 fully saturated rings. The first-order chi connectivity index (χ1) is 9.06. The molecule has 2 aromatic heterocycles. The van der Waals surface area contributed by atoms with Crippen LogP contribution in [0.1, 0.15) is 17.1 Å². The zero-order valence-electron chi connectivity index (χ0n) is 11.5. The van der Waals surface area contributed by atoms with Crippen LogP contribution in [0.5, 0.6) is 0 Å². The monoisotopic (exact) mass is 261 g/mol. The number of hydrogen-bond acceptors (Lipinski definition) is 6. The van der Waals surface area contributed by atoms with Crippen LogP contribution in [0.25, 0.3) is 0 Å². The molecule has 0 saturated heterocycles. The van der Waals surface area contributed by atoms with Gasteiger partial charge in [0.05, 0.1) is 12.7 Å². The fourth-order valence-corrected chi connectivity index (χ4v) is 1.94. The van der Waals surface area contributed by atoms with E-state index in [0.717, 1.165) is 23.6 Å². The van der Waals surface area contributed by atoms with Crippen LogP contribution >= 0.6 is 0 Å². The lowest BCUT2D eigenvalue weighted by atomic mass is 10.3. The maximum atomic E-state index is 5.38. The van der Waals surface area contributed by atoms with E-state index < -0.39 is 0 Å². The molecule has 0 atom stereocenters. The summed E-state index contributed by atoms with van der Waals surface area (Å²) in [5.74, 6) is 6.77. The van der Waals surface area contributed by atoms with Gasteiger partial charge in [0.25, 0.3) is 0 Å². The van der Waals surface area contributed by atoms with Crippen molar-refractivity contribution in [2.24, 2.45) is 12.9 Å². The summed E-state index contributed by atoms with van der Waals surface area (Å²) in [5.41, 5.74) is 4.61. The van der Waals surface area contributed by atoms with Gasteiger partial charge < -0.3 is 5.43 Å². The van der Waals surface area contributed by atoms with E-state index in [1.807, 2.05) is 39.5 Å². The summed E-state index contributed by atoms with van der Waals surface area (Å²) in [5, 5.41) is 4.15. The third-order valence-corrected chi connectivity index (χ3v) is 2.67. The number of aryl methyl sites for hydroxylation is 2. The SMILES string of the molecule is Cc1cc(NN)nc(CN(C)Cc2cnn(C)c2)n1. The average molecular weight is 261 g/mol. The van der Waals surface area contributed by atoms with Gasteiger partial charge in [0.15, 0.2) is 0 Å². The predicted octanol–water partition coefficient (Wildman–Crippen LogP) is 0.436. The van der Waals surface area contributed by atoms with E-state index in [1.54, 1.807) is 4.68 Å². The van der Waals surface area contributed by atoms with Gasteiger partial charge in [-0.3, -0.25) is 9.58 Å². The van der Waals surface area contributed by atoms with Crippen molar-refractivity contribution in [3.8, 4) is 0 Å². The molecule has 0 aliphatic heterocycles. The quantitative estimate of drug-likeness (QED) is 0.600. The topological polar surface area (TPSA) is 84.9 Å². The van der Waals surface area contributed by atoms with Crippen LogP contribution in [-0.2, 0) is 20.1 Å². The second-order valence-corrected chi connectivity index (χ2v) is 4.65. The fraction of sp³-hybridized carbons (Fsp3) is 0.417. The molecule has 2 heterocycles. The molecule has 0 aliphatic carbocycles.